The van der Waals surface area contributed by atoms with Crippen molar-refractivity contribution >= 4 is 16.7 Å². The number of nitrogens with zero attached hydrogens (tertiary/aromatic N) is 2. The first-order valence-corrected chi connectivity index (χ1v) is 11.0. The molecule has 0 N–H and O–H groups in total. The molecule has 0 radical (unpaired) electrons. The minimum absolute atomic E-state index is 0.0136. The molecule has 0 saturated carbocycles. The average Bonchev–Trinajstić information content (AvgIpc) is 3.16. The molecule has 4 aromatic rings. The summed E-state index contributed by atoms with van der Waals surface area (Å²) in [6, 6.07) is 19.2. The first-order valence-electron chi connectivity index (χ1n) is 11.0. The second kappa shape index (κ2) is 10.6. The van der Waals surface area contributed by atoms with Gasteiger partial charge in [0.25, 0.3) is 0 Å². The van der Waals surface area contributed by atoms with Crippen molar-refractivity contribution in [1.29, 1.82) is 0 Å². The topological polar surface area (TPSA) is 53.4 Å². The van der Waals surface area contributed by atoms with Crippen molar-refractivity contribution in [2.45, 2.75) is 33.8 Å². The van der Waals surface area contributed by atoms with Crippen LogP contribution in [0.25, 0.3) is 10.9 Å². The highest BCUT2D eigenvalue weighted by atomic mass is 16.5. The molecule has 5 heteroatoms. The van der Waals surface area contributed by atoms with Gasteiger partial charge in [0.15, 0.2) is 5.78 Å². The SMILES string of the molecule is CC.CCc1c(C(=O)c2ccc(OCc3ccccc3)cc2)c2ccnc(OC)c2n1C. The Morgan fingerprint density at radius 3 is 2.31 bits per heavy atom. The third-order valence-corrected chi connectivity index (χ3v) is 5.31. The van der Waals surface area contributed by atoms with Gasteiger partial charge in [0.2, 0.25) is 5.88 Å². The van der Waals surface area contributed by atoms with Crippen LogP contribution in [0.4, 0.5) is 0 Å². The van der Waals surface area contributed by atoms with Gasteiger partial charge in [-0.25, -0.2) is 4.98 Å². The number of carbonyl (C=O) groups excluding carboxylic acids is 1. The van der Waals surface area contributed by atoms with Gasteiger partial charge >= 0.3 is 0 Å². The van der Waals surface area contributed by atoms with Gasteiger partial charge in [0.05, 0.1) is 12.7 Å². The molecule has 2 heterocycles. The van der Waals surface area contributed by atoms with Crippen LogP contribution in [0.5, 0.6) is 11.6 Å². The Morgan fingerprint density at radius 1 is 1.00 bits per heavy atom. The summed E-state index contributed by atoms with van der Waals surface area (Å²) in [4.78, 5) is 17.7. The van der Waals surface area contributed by atoms with Crippen LogP contribution in [0.2, 0.25) is 0 Å². The maximum absolute atomic E-state index is 13.4. The number of pyridine rings is 1. The molecule has 0 fully saturated rings. The van der Waals surface area contributed by atoms with Crippen LogP contribution in [-0.2, 0) is 20.1 Å². The van der Waals surface area contributed by atoms with Gasteiger partial charge in [-0.2, -0.15) is 0 Å². The first-order chi connectivity index (χ1) is 15.6. The fraction of sp³-hybridized carbons (Fsp3) is 0.259. The van der Waals surface area contributed by atoms with Crippen molar-refractivity contribution in [3.63, 3.8) is 0 Å². The van der Waals surface area contributed by atoms with Crippen LogP contribution in [0.3, 0.4) is 0 Å². The van der Waals surface area contributed by atoms with Crippen molar-refractivity contribution in [2.75, 3.05) is 7.11 Å². The summed E-state index contributed by atoms with van der Waals surface area (Å²) in [5.74, 6) is 1.24. The largest absolute Gasteiger partial charge is 0.489 e. The van der Waals surface area contributed by atoms with E-state index in [1.54, 1.807) is 13.3 Å². The number of hydrogen-bond acceptors (Lipinski definition) is 4. The van der Waals surface area contributed by atoms with Gasteiger partial charge in [0, 0.05) is 29.9 Å². The lowest BCUT2D eigenvalue weighted by Crippen LogP contribution is -2.06. The minimum atomic E-state index is -0.0136. The molecule has 0 spiro atoms. The van der Waals surface area contributed by atoms with E-state index in [1.807, 2.05) is 93.0 Å². The van der Waals surface area contributed by atoms with Crippen LogP contribution in [0.15, 0.2) is 66.9 Å². The maximum atomic E-state index is 13.4. The molecule has 166 valence electrons. The molecular weight excluding hydrogens is 400 g/mol. The van der Waals surface area contributed by atoms with Crippen LogP contribution in [-0.4, -0.2) is 22.4 Å². The third kappa shape index (κ3) is 4.52. The van der Waals surface area contributed by atoms with E-state index in [0.29, 0.717) is 23.6 Å². The number of carbonyl (C=O) groups is 1. The van der Waals surface area contributed by atoms with Crippen LogP contribution in [0.1, 0.15) is 48.0 Å². The van der Waals surface area contributed by atoms with E-state index in [-0.39, 0.29) is 5.78 Å². The Hall–Kier alpha value is -3.60. The molecule has 4 rings (SSSR count). The van der Waals surface area contributed by atoms with E-state index >= 15 is 0 Å². The van der Waals surface area contributed by atoms with Crippen molar-refractivity contribution < 1.29 is 14.3 Å². The zero-order valence-corrected chi connectivity index (χ0v) is 19.4. The normalized spacial score (nSPS) is 10.4. The zero-order chi connectivity index (χ0) is 23.1. The highest BCUT2D eigenvalue weighted by Gasteiger charge is 2.23. The molecule has 0 unspecified atom stereocenters. The highest BCUT2D eigenvalue weighted by molar-refractivity contribution is 6.18. The van der Waals surface area contributed by atoms with Gasteiger partial charge in [-0.05, 0) is 42.3 Å². The number of ether oxygens (including phenoxy) is 2. The number of aromatic nitrogens is 2. The molecular formula is C27H30N2O3. The fourth-order valence-corrected chi connectivity index (χ4v) is 3.82. The molecule has 0 aliphatic heterocycles. The molecule has 32 heavy (non-hydrogen) atoms. The van der Waals surface area contributed by atoms with E-state index in [4.69, 9.17) is 9.47 Å². The Labute approximate surface area is 189 Å². The predicted molar refractivity (Wildman–Crippen MR) is 129 cm³/mol. The number of hydrogen-bond donors (Lipinski definition) is 0. The molecule has 0 amide bonds. The summed E-state index contributed by atoms with van der Waals surface area (Å²) in [5.41, 5.74) is 4.23. The number of aryl methyl sites for hydroxylation is 1. The lowest BCUT2D eigenvalue weighted by Gasteiger charge is -2.08. The van der Waals surface area contributed by atoms with Gasteiger partial charge in [-0.15, -0.1) is 0 Å². The van der Waals surface area contributed by atoms with Crippen LogP contribution < -0.4 is 9.47 Å². The van der Waals surface area contributed by atoms with E-state index in [9.17, 15) is 4.79 Å². The van der Waals surface area contributed by atoms with Gasteiger partial charge in [0.1, 0.15) is 17.9 Å². The standard InChI is InChI=1S/C25H24N2O3.C2H6/c1-4-21-22(20-14-15-26-25(29-3)23(20)27(21)2)24(28)18-10-12-19(13-11-18)30-16-17-8-6-5-7-9-17;1-2/h5-15H,4,16H2,1-3H3;1-2H3. The van der Waals surface area contributed by atoms with Crippen molar-refractivity contribution in [2.24, 2.45) is 7.05 Å². The van der Waals surface area contributed by atoms with Gasteiger partial charge in [-0.3, -0.25) is 4.79 Å². The Morgan fingerprint density at radius 2 is 1.69 bits per heavy atom. The number of fused-ring (bicyclic) bond motifs is 1. The second-order valence-electron chi connectivity index (χ2n) is 7.08. The van der Waals surface area contributed by atoms with Crippen molar-refractivity contribution in [1.82, 2.24) is 9.55 Å². The minimum Gasteiger partial charge on any atom is -0.489 e. The highest BCUT2D eigenvalue weighted by Crippen LogP contribution is 2.32. The van der Waals surface area contributed by atoms with E-state index < -0.39 is 0 Å². The summed E-state index contributed by atoms with van der Waals surface area (Å²) in [5, 5.41) is 0.857. The summed E-state index contributed by atoms with van der Waals surface area (Å²) in [6.07, 6.45) is 2.41. The molecule has 0 aliphatic carbocycles. The summed E-state index contributed by atoms with van der Waals surface area (Å²) in [6.45, 7) is 6.54. The smallest absolute Gasteiger partial charge is 0.238 e. The fourth-order valence-electron chi connectivity index (χ4n) is 3.82. The van der Waals surface area contributed by atoms with Gasteiger partial charge in [-0.1, -0.05) is 51.1 Å². The average molecular weight is 431 g/mol. The molecule has 0 aliphatic rings. The zero-order valence-electron chi connectivity index (χ0n) is 19.4. The molecule has 0 saturated heterocycles. The molecule has 2 aromatic heterocycles. The second-order valence-corrected chi connectivity index (χ2v) is 7.08. The lowest BCUT2D eigenvalue weighted by atomic mass is 9.99. The van der Waals surface area contributed by atoms with E-state index in [2.05, 4.69) is 4.98 Å². The lowest BCUT2D eigenvalue weighted by molar-refractivity contribution is 0.103. The Kier molecular flexibility index (Phi) is 7.66. The number of methoxy groups -OCH3 is 1. The molecule has 0 bridgehead atoms. The van der Waals surface area contributed by atoms with Crippen LogP contribution >= 0.6 is 0 Å². The Balaban J connectivity index is 0.00000141. The maximum Gasteiger partial charge on any atom is 0.238 e. The van der Waals surface area contributed by atoms with Gasteiger partial charge < -0.3 is 14.0 Å². The molecule has 0 atom stereocenters. The molecule has 5 nitrogen and oxygen atoms in total. The van der Waals surface area contributed by atoms with Crippen LogP contribution in [0, 0.1) is 0 Å². The third-order valence-electron chi connectivity index (χ3n) is 5.31. The summed E-state index contributed by atoms with van der Waals surface area (Å²) in [7, 11) is 3.54. The Bertz CT molecular complexity index is 1180. The molecule has 2 aromatic carbocycles. The van der Waals surface area contributed by atoms with E-state index in [0.717, 1.165) is 34.3 Å². The number of ketones is 1. The quantitative estimate of drug-likeness (QED) is 0.338. The van der Waals surface area contributed by atoms with Crippen molar-refractivity contribution in [3.05, 3.63) is 89.2 Å². The summed E-state index contributed by atoms with van der Waals surface area (Å²) < 4.78 is 13.3. The number of rotatable bonds is 7. The first kappa shape index (κ1) is 23.1. The van der Waals surface area contributed by atoms with Crippen molar-refractivity contribution in [3.8, 4) is 11.6 Å². The van der Waals surface area contributed by atoms with E-state index in [1.165, 1.54) is 0 Å². The number of benzene rings is 2. The monoisotopic (exact) mass is 430 g/mol. The predicted octanol–water partition coefficient (Wildman–Crippen LogP) is 5.98. The summed E-state index contributed by atoms with van der Waals surface area (Å²) >= 11 is 0.